The van der Waals surface area contributed by atoms with Gasteiger partial charge in [0.15, 0.2) is 0 Å². The number of rotatable bonds is 3. The number of hydrogen-bond acceptors (Lipinski definition) is 4. The molecule has 0 saturated carbocycles. The number of pyridine rings is 1. The van der Waals surface area contributed by atoms with Crippen LogP contribution >= 0.6 is 0 Å². The molecule has 21 heavy (non-hydrogen) atoms. The highest BCUT2D eigenvalue weighted by Gasteiger charge is 2.33. The van der Waals surface area contributed by atoms with E-state index in [0.717, 1.165) is 32.5 Å². The Kier molecular flexibility index (Phi) is 3.96. The van der Waals surface area contributed by atoms with Crippen LogP contribution in [0, 0.1) is 5.92 Å². The van der Waals surface area contributed by atoms with Gasteiger partial charge in [0.25, 0.3) is 5.56 Å². The maximum Gasteiger partial charge on any atom is 0.250 e. The van der Waals surface area contributed by atoms with Crippen LogP contribution in [0.1, 0.15) is 19.3 Å². The van der Waals surface area contributed by atoms with Gasteiger partial charge in [0.2, 0.25) is 5.91 Å². The highest BCUT2D eigenvalue weighted by molar-refractivity contribution is 5.77. The summed E-state index contributed by atoms with van der Waals surface area (Å²) < 4.78 is 1.67. The Morgan fingerprint density at radius 2 is 2.10 bits per heavy atom. The molecule has 6 nitrogen and oxygen atoms in total. The lowest BCUT2D eigenvalue weighted by Gasteiger charge is -2.41. The summed E-state index contributed by atoms with van der Waals surface area (Å²) in [6.45, 7) is 3.48. The van der Waals surface area contributed by atoms with Gasteiger partial charge in [-0.05, 0) is 24.8 Å². The summed E-state index contributed by atoms with van der Waals surface area (Å²) in [6.07, 6.45) is 4.33. The SMILES string of the molecule is Nc1ccc(=O)n(CCN2CCC3NC(=O)CCC3C2)c1. The van der Waals surface area contributed by atoms with Crippen molar-refractivity contribution < 1.29 is 4.79 Å². The van der Waals surface area contributed by atoms with E-state index in [9.17, 15) is 9.59 Å². The topological polar surface area (TPSA) is 80.4 Å². The second-order valence-electron chi connectivity index (χ2n) is 6.06. The number of nitrogens with one attached hydrogen (secondary N) is 1. The van der Waals surface area contributed by atoms with Crippen molar-refractivity contribution in [2.45, 2.75) is 31.8 Å². The molecular formula is C15H22N4O2. The lowest BCUT2D eigenvalue weighted by Crippen LogP contribution is -2.54. The molecule has 0 radical (unpaired) electrons. The molecule has 1 aromatic rings. The van der Waals surface area contributed by atoms with Gasteiger partial charge in [-0.15, -0.1) is 0 Å². The first kappa shape index (κ1) is 14.1. The third-order valence-corrected chi connectivity index (χ3v) is 4.57. The molecule has 2 unspecified atom stereocenters. The van der Waals surface area contributed by atoms with Crippen LogP contribution in [0.4, 0.5) is 5.69 Å². The summed E-state index contributed by atoms with van der Waals surface area (Å²) in [5.41, 5.74) is 6.33. The van der Waals surface area contributed by atoms with Crippen LogP contribution in [-0.2, 0) is 11.3 Å². The van der Waals surface area contributed by atoms with Gasteiger partial charge in [0.05, 0.1) is 0 Å². The van der Waals surface area contributed by atoms with Gasteiger partial charge in [-0.3, -0.25) is 9.59 Å². The van der Waals surface area contributed by atoms with Crippen molar-refractivity contribution in [1.82, 2.24) is 14.8 Å². The minimum absolute atomic E-state index is 0.0102. The van der Waals surface area contributed by atoms with Crippen molar-refractivity contribution in [2.75, 3.05) is 25.4 Å². The second-order valence-corrected chi connectivity index (χ2v) is 6.06. The highest BCUT2D eigenvalue weighted by atomic mass is 16.1. The minimum Gasteiger partial charge on any atom is -0.398 e. The van der Waals surface area contributed by atoms with E-state index in [1.807, 2.05) is 0 Å². The zero-order valence-corrected chi connectivity index (χ0v) is 12.1. The summed E-state index contributed by atoms with van der Waals surface area (Å²) in [7, 11) is 0. The summed E-state index contributed by atoms with van der Waals surface area (Å²) in [6, 6.07) is 3.49. The summed E-state index contributed by atoms with van der Waals surface area (Å²) in [5, 5.41) is 3.09. The quantitative estimate of drug-likeness (QED) is 0.823. The number of carbonyl (C=O) groups excluding carboxylic acids is 1. The molecular weight excluding hydrogens is 268 g/mol. The van der Waals surface area contributed by atoms with E-state index in [1.54, 1.807) is 16.8 Å². The standard InChI is InChI=1S/C15H22N4O2/c16-12-2-4-15(21)19(10-12)8-7-18-6-5-13-11(9-18)1-3-14(20)17-13/h2,4,10-11,13H,1,3,5-9,16H2,(H,17,20). The minimum atomic E-state index is -0.0102. The van der Waals surface area contributed by atoms with E-state index in [4.69, 9.17) is 5.73 Å². The normalized spacial score (nSPS) is 26.2. The largest absolute Gasteiger partial charge is 0.398 e. The number of fused-ring (bicyclic) bond motifs is 1. The number of nitrogens with zero attached hydrogens (tertiary/aromatic N) is 2. The van der Waals surface area contributed by atoms with E-state index in [1.165, 1.54) is 6.07 Å². The van der Waals surface area contributed by atoms with Gasteiger partial charge in [-0.1, -0.05) is 0 Å². The number of amides is 1. The third-order valence-electron chi connectivity index (χ3n) is 4.57. The first-order valence-corrected chi connectivity index (χ1v) is 7.59. The zero-order chi connectivity index (χ0) is 14.8. The molecule has 3 N–H and O–H groups in total. The van der Waals surface area contributed by atoms with Gasteiger partial charge < -0.3 is 20.5 Å². The first-order valence-electron chi connectivity index (χ1n) is 7.59. The summed E-state index contributed by atoms with van der Waals surface area (Å²) in [5.74, 6) is 0.741. The highest BCUT2D eigenvalue weighted by Crippen LogP contribution is 2.25. The molecule has 1 amide bonds. The molecule has 2 fully saturated rings. The Morgan fingerprint density at radius 3 is 2.95 bits per heavy atom. The Hall–Kier alpha value is -1.82. The number of carbonyl (C=O) groups is 1. The monoisotopic (exact) mass is 290 g/mol. The van der Waals surface area contributed by atoms with Crippen molar-refractivity contribution in [1.29, 1.82) is 0 Å². The van der Waals surface area contributed by atoms with E-state index in [2.05, 4.69) is 10.2 Å². The molecule has 2 saturated heterocycles. The first-order chi connectivity index (χ1) is 10.1. The Balaban J connectivity index is 1.56. The fourth-order valence-corrected chi connectivity index (χ4v) is 3.36. The fourth-order valence-electron chi connectivity index (χ4n) is 3.36. The van der Waals surface area contributed by atoms with Crippen LogP contribution in [0.15, 0.2) is 23.1 Å². The number of piperidine rings is 2. The van der Waals surface area contributed by atoms with Crippen LogP contribution in [0.5, 0.6) is 0 Å². The molecule has 0 aromatic carbocycles. The summed E-state index contributed by atoms with van der Waals surface area (Å²) in [4.78, 5) is 25.5. The van der Waals surface area contributed by atoms with Crippen LogP contribution in [0.3, 0.4) is 0 Å². The van der Waals surface area contributed by atoms with Crippen molar-refractivity contribution >= 4 is 11.6 Å². The van der Waals surface area contributed by atoms with Crippen molar-refractivity contribution in [3.8, 4) is 0 Å². The number of hydrogen-bond donors (Lipinski definition) is 2. The van der Waals surface area contributed by atoms with Crippen molar-refractivity contribution in [3.63, 3.8) is 0 Å². The lowest BCUT2D eigenvalue weighted by atomic mass is 9.85. The van der Waals surface area contributed by atoms with Crippen LogP contribution in [-0.4, -0.2) is 41.1 Å². The van der Waals surface area contributed by atoms with Gasteiger partial charge in [-0.2, -0.15) is 0 Å². The average Bonchev–Trinajstić information content (AvgIpc) is 2.48. The Morgan fingerprint density at radius 1 is 1.24 bits per heavy atom. The number of anilines is 1. The average molecular weight is 290 g/mol. The maximum absolute atomic E-state index is 11.7. The molecule has 0 aliphatic carbocycles. The van der Waals surface area contributed by atoms with Crippen LogP contribution < -0.4 is 16.6 Å². The molecule has 114 valence electrons. The molecule has 1 aromatic heterocycles. The number of likely N-dealkylation sites (tertiary alicyclic amines) is 1. The second kappa shape index (κ2) is 5.89. The molecule has 3 heterocycles. The van der Waals surface area contributed by atoms with Gasteiger partial charge >= 0.3 is 0 Å². The van der Waals surface area contributed by atoms with Crippen LogP contribution in [0.2, 0.25) is 0 Å². The van der Waals surface area contributed by atoms with E-state index < -0.39 is 0 Å². The van der Waals surface area contributed by atoms with Crippen molar-refractivity contribution in [3.05, 3.63) is 28.7 Å². The Labute approximate surface area is 123 Å². The molecule has 2 aliphatic heterocycles. The van der Waals surface area contributed by atoms with Crippen LogP contribution in [0.25, 0.3) is 0 Å². The molecule has 2 atom stereocenters. The van der Waals surface area contributed by atoms with Gasteiger partial charge in [-0.25, -0.2) is 0 Å². The molecule has 0 bridgehead atoms. The Bertz CT molecular complexity index is 583. The van der Waals surface area contributed by atoms with E-state index in [-0.39, 0.29) is 11.5 Å². The third kappa shape index (κ3) is 3.26. The molecule has 3 rings (SSSR count). The lowest BCUT2D eigenvalue weighted by molar-refractivity contribution is -0.125. The summed E-state index contributed by atoms with van der Waals surface area (Å²) >= 11 is 0. The number of aromatic nitrogens is 1. The van der Waals surface area contributed by atoms with E-state index in [0.29, 0.717) is 30.6 Å². The number of nitrogens with two attached hydrogens (primary N) is 1. The smallest absolute Gasteiger partial charge is 0.250 e. The molecule has 2 aliphatic rings. The molecule has 0 spiro atoms. The van der Waals surface area contributed by atoms with E-state index >= 15 is 0 Å². The fraction of sp³-hybridized carbons (Fsp3) is 0.600. The molecule has 6 heteroatoms. The number of nitrogen functional groups attached to an aromatic ring is 1. The van der Waals surface area contributed by atoms with Gasteiger partial charge in [0, 0.05) is 56.6 Å². The van der Waals surface area contributed by atoms with Crippen molar-refractivity contribution in [2.24, 2.45) is 5.92 Å². The predicted molar refractivity (Wildman–Crippen MR) is 80.8 cm³/mol. The zero-order valence-electron chi connectivity index (χ0n) is 12.1. The predicted octanol–water partition coefficient (Wildman–Crippen LogP) is 0.0310. The van der Waals surface area contributed by atoms with Gasteiger partial charge in [0.1, 0.15) is 0 Å². The maximum atomic E-state index is 11.7.